The monoisotopic (exact) mass is 274 g/mol. The lowest BCUT2D eigenvalue weighted by Crippen LogP contribution is -2.38. The van der Waals surface area contributed by atoms with Crippen molar-refractivity contribution >= 4 is 0 Å². The molecule has 0 spiro atoms. The summed E-state index contributed by atoms with van der Waals surface area (Å²) in [6, 6.07) is 0. The van der Waals surface area contributed by atoms with E-state index in [2.05, 4.69) is 6.92 Å². The maximum absolute atomic E-state index is 14.2. The van der Waals surface area contributed by atoms with E-state index in [9.17, 15) is 8.78 Å². The Balaban J connectivity index is 1.79. The van der Waals surface area contributed by atoms with E-state index >= 15 is 0 Å². The lowest BCUT2D eigenvalue weighted by molar-refractivity contribution is -0.301. The molecule has 3 heteroatoms. The fraction of sp³-hybridized carbons (Fsp3) is 1.00. The van der Waals surface area contributed by atoms with Crippen LogP contribution in [0.3, 0.4) is 0 Å². The molecule has 0 unspecified atom stereocenters. The fourth-order valence-corrected chi connectivity index (χ4v) is 3.70. The van der Waals surface area contributed by atoms with Crippen molar-refractivity contribution < 1.29 is 13.5 Å². The van der Waals surface area contributed by atoms with Crippen LogP contribution < -0.4 is 0 Å². The molecule has 2 rings (SSSR count). The summed E-state index contributed by atoms with van der Waals surface area (Å²) in [5.41, 5.74) is 0. The van der Waals surface area contributed by atoms with Gasteiger partial charge in [0.25, 0.3) is 0 Å². The predicted octanol–water partition coefficient (Wildman–Crippen LogP) is 5.54. The van der Waals surface area contributed by atoms with E-state index in [1.165, 1.54) is 19.3 Å². The Morgan fingerprint density at radius 2 is 1.58 bits per heavy atom. The molecule has 2 aliphatic carbocycles. The number of rotatable bonds is 5. The molecule has 0 saturated heterocycles. The van der Waals surface area contributed by atoms with Gasteiger partial charge in [-0.25, -0.2) is 0 Å². The van der Waals surface area contributed by atoms with Gasteiger partial charge in [0.2, 0.25) is 0 Å². The van der Waals surface area contributed by atoms with Crippen LogP contribution in [-0.2, 0) is 4.74 Å². The first-order valence-corrected chi connectivity index (χ1v) is 8.17. The lowest BCUT2D eigenvalue weighted by Gasteiger charge is -2.36. The van der Waals surface area contributed by atoms with Gasteiger partial charge in [-0.3, -0.25) is 0 Å². The molecular weight excluding hydrogens is 246 g/mol. The second-order valence-electron chi connectivity index (χ2n) is 6.45. The van der Waals surface area contributed by atoms with Crippen molar-refractivity contribution in [3.8, 4) is 0 Å². The summed E-state index contributed by atoms with van der Waals surface area (Å²) in [7, 11) is 0. The molecule has 0 amide bonds. The molecular formula is C16H28F2O. The number of halogens is 2. The highest BCUT2D eigenvalue weighted by molar-refractivity contribution is 4.79. The summed E-state index contributed by atoms with van der Waals surface area (Å²) in [5, 5.41) is 0. The number of alkyl halides is 2. The summed E-state index contributed by atoms with van der Waals surface area (Å²) < 4.78 is 33.5. The predicted molar refractivity (Wildman–Crippen MR) is 73.3 cm³/mol. The van der Waals surface area contributed by atoms with Crippen LogP contribution in [0.1, 0.15) is 77.6 Å². The Bertz CT molecular complexity index is 253. The van der Waals surface area contributed by atoms with Crippen molar-refractivity contribution in [2.24, 2.45) is 11.8 Å². The molecule has 2 fully saturated rings. The Morgan fingerprint density at radius 3 is 2.16 bits per heavy atom. The molecule has 112 valence electrons. The van der Waals surface area contributed by atoms with Gasteiger partial charge >= 0.3 is 6.11 Å². The van der Waals surface area contributed by atoms with Crippen molar-refractivity contribution in [3.63, 3.8) is 0 Å². The Kier molecular flexibility index (Phi) is 5.61. The van der Waals surface area contributed by atoms with Gasteiger partial charge in [0.05, 0.1) is 12.0 Å². The molecule has 0 aromatic carbocycles. The van der Waals surface area contributed by atoms with Crippen LogP contribution in [0.15, 0.2) is 0 Å². The Morgan fingerprint density at radius 1 is 0.947 bits per heavy atom. The highest BCUT2D eigenvalue weighted by Gasteiger charge is 2.44. The number of hydrogen-bond acceptors (Lipinski definition) is 1. The Hall–Kier alpha value is -0.180. The van der Waals surface area contributed by atoms with Gasteiger partial charge in [0.15, 0.2) is 0 Å². The zero-order valence-corrected chi connectivity index (χ0v) is 12.2. The molecule has 0 heterocycles. The molecule has 2 saturated carbocycles. The minimum atomic E-state index is -2.89. The SMILES string of the molecule is CCCC1CCC(C(F)(F)OC2CCCCC2)CC1. The molecule has 0 aromatic rings. The fourth-order valence-electron chi connectivity index (χ4n) is 3.70. The molecule has 0 atom stereocenters. The molecule has 2 aliphatic rings. The minimum absolute atomic E-state index is 0.197. The van der Waals surface area contributed by atoms with Crippen LogP contribution in [0, 0.1) is 11.8 Å². The van der Waals surface area contributed by atoms with Crippen LogP contribution in [0.4, 0.5) is 8.78 Å². The van der Waals surface area contributed by atoms with Crippen LogP contribution in [0.2, 0.25) is 0 Å². The second kappa shape index (κ2) is 7.01. The number of ether oxygens (including phenoxy) is 1. The summed E-state index contributed by atoms with van der Waals surface area (Å²) in [4.78, 5) is 0. The smallest absolute Gasteiger partial charge is 0.317 e. The molecule has 1 nitrogen and oxygen atoms in total. The van der Waals surface area contributed by atoms with Gasteiger partial charge in [-0.1, -0.05) is 39.0 Å². The van der Waals surface area contributed by atoms with Crippen LogP contribution in [-0.4, -0.2) is 12.2 Å². The highest BCUT2D eigenvalue weighted by atomic mass is 19.3. The maximum atomic E-state index is 14.2. The highest BCUT2D eigenvalue weighted by Crippen LogP contribution is 2.42. The van der Waals surface area contributed by atoms with Crippen molar-refractivity contribution in [1.29, 1.82) is 0 Å². The zero-order valence-electron chi connectivity index (χ0n) is 12.2. The first-order valence-electron chi connectivity index (χ1n) is 8.17. The van der Waals surface area contributed by atoms with E-state index in [4.69, 9.17) is 4.74 Å². The van der Waals surface area contributed by atoms with E-state index in [0.717, 1.165) is 38.5 Å². The van der Waals surface area contributed by atoms with Gasteiger partial charge in [0, 0.05) is 0 Å². The van der Waals surface area contributed by atoms with Crippen molar-refractivity contribution in [3.05, 3.63) is 0 Å². The average molecular weight is 274 g/mol. The van der Waals surface area contributed by atoms with E-state index in [-0.39, 0.29) is 6.10 Å². The molecule has 0 radical (unpaired) electrons. The summed E-state index contributed by atoms with van der Waals surface area (Å²) in [5.74, 6) is 0.134. The van der Waals surface area contributed by atoms with E-state index in [0.29, 0.717) is 18.8 Å². The largest absolute Gasteiger partial charge is 0.358 e. The summed E-state index contributed by atoms with van der Waals surface area (Å²) >= 11 is 0. The topological polar surface area (TPSA) is 9.23 Å². The quantitative estimate of drug-likeness (QED) is 0.640. The van der Waals surface area contributed by atoms with Gasteiger partial charge < -0.3 is 4.74 Å². The number of hydrogen-bond donors (Lipinski definition) is 0. The van der Waals surface area contributed by atoms with Crippen LogP contribution in [0.25, 0.3) is 0 Å². The normalized spacial score (nSPS) is 30.5. The molecule has 0 bridgehead atoms. The van der Waals surface area contributed by atoms with Crippen molar-refractivity contribution in [2.75, 3.05) is 0 Å². The van der Waals surface area contributed by atoms with Gasteiger partial charge in [-0.15, -0.1) is 0 Å². The zero-order chi connectivity index (χ0) is 13.7. The first kappa shape index (κ1) is 15.2. The Labute approximate surface area is 116 Å². The van der Waals surface area contributed by atoms with Crippen molar-refractivity contribution in [2.45, 2.75) is 89.8 Å². The summed E-state index contributed by atoms with van der Waals surface area (Å²) in [6.45, 7) is 2.17. The lowest BCUT2D eigenvalue weighted by atomic mass is 9.79. The second-order valence-corrected chi connectivity index (χ2v) is 6.45. The average Bonchev–Trinajstić information content (AvgIpc) is 2.40. The van der Waals surface area contributed by atoms with E-state index < -0.39 is 12.0 Å². The van der Waals surface area contributed by atoms with Crippen molar-refractivity contribution in [1.82, 2.24) is 0 Å². The minimum Gasteiger partial charge on any atom is -0.317 e. The van der Waals surface area contributed by atoms with Crippen LogP contribution in [0.5, 0.6) is 0 Å². The van der Waals surface area contributed by atoms with E-state index in [1.54, 1.807) is 0 Å². The standard InChI is InChI=1S/C16H28F2O/c1-2-6-13-9-11-14(12-10-13)16(17,18)19-15-7-4-3-5-8-15/h13-15H,2-12H2,1H3. The third-order valence-corrected chi connectivity index (χ3v) is 4.89. The first-order chi connectivity index (χ1) is 9.12. The molecule has 0 N–H and O–H groups in total. The third kappa shape index (κ3) is 4.40. The van der Waals surface area contributed by atoms with Gasteiger partial charge in [0.1, 0.15) is 0 Å². The van der Waals surface area contributed by atoms with Gasteiger partial charge in [-0.2, -0.15) is 8.78 Å². The summed E-state index contributed by atoms with van der Waals surface area (Å²) in [6.07, 6.45) is 7.39. The molecule has 0 aliphatic heterocycles. The molecule has 0 aromatic heterocycles. The third-order valence-electron chi connectivity index (χ3n) is 4.89. The maximum Gasteiger partial charge on any atom is 0.358 e. The molecule has 19 heavy (non-hydrogen) atoms. The van der Waals surface area contributed by atoms with E-state index in [1.807, 2.05) is 0 Å². The van der Waals surface area contributed by atoms with Crippen LogP contribution >= 0.6 is 0 Å². The van der Waals surface area contributed by atoms with Gasteiger partial charge in [-0.05, 0) is 44.4 Å².